The highest BCUT2D eigenvalue weighted by molar-refractivity contribution is 7.13. The zero-order valence-corrected chi connectivity index (χ0v) is 42.6. The van der Waals surface area contributed by atoms with Gasteiger partial charge in [-0.1, -0.05) is 78.8 Å². The van der Waals surface area contributed by atoms with Crippen LogP contribution in [0.4, 0.5) is 24.5 Å². The monoisotopic (exact) mass is 1020 g/mol. The lowest BCUT2D eigenvalue weighted by atomic mass is 9.49. The maximum absolute atomic E-state index is 14.2. The zero-order chi connectivity index (χ0) is 52.9. The molecule has 0 unspecified atom stereocenters. The fourth-order valence-electron chi connectivity index (χ4n) is 10.5. The maximum atomic E-state index is 14.2. The lowest BCUT2D eigenvalue weighted by molar-refractivity contribution is -0.199. The first-order chi connectivity index (χ1) is 34.3. The number of nitrogens with zero attached hydrogens (tertiary/aromatic N) is 4. The Morgan fingerprint density at radius 1 is 0.932 bits per heavy atom. The second-order valence-electron chi connectivity index (χ2n) is 20.8. The van der Waals surface area contributed by atoms with Crippen LogP contribution in [0.2, 0.25) is 0 Å². The summed E-state index contributed by atoms with van der Waals surface area (Å²) in [5.74, 6) is -1.98. The molecule has 2 aromatic heterocycles. The van der Waals surface area contributed by atoms with Crippen molar-refractivity contribution in [1.29, 1.82) is 5.26 Å². The Labute approximate surface area is 425 Å². The smallest absolute Gasteiger partial charge is 0.417 e. The number of rotatable bonds is 14. The van der Waals surface area contributed by atoms with Gasteiger partial charge < -0.3 is 35.4 Å². The molecule has 4 aromatic carbocycles. The highest BCUT2D eigenvalue weighted by Crippen LogP contribution is 2.59. The number of fused-ring (bicyclic) bond motifs is 1. The van der Waals surface area contributed by atoms with Crippen molar-refractivity contribution >= 4 is 46.3 Å². The molecule has 1 aliphatic heterocycles. The summed E-state index contributed by atoms with van der Waals surface area (Å²) in [4.78, 5) is 62.4. The van der Waals surface area contributed by atoms with Gasteiger partial charge in [-0.25, -0.2) is 4.98 Å². The summed E-state index contributed by atoms with van der Waals surface area (Å²) in [5.41, 5.74) is 3.31. The van der Waals surface area contributed by atoms with Gasteiger partial charge in [0.05, 0.1) is 45.5 Å². The molecule has 0 radical (unpaired) electrons. The van der Waals surface area contributed by atoms with Gasteiger partial charge in [-0.3, -0.25) is 23.7 Å². The number of halogens is 3. The molecule has 0 spiro atoms. The van der Waals surface area contributed by atoms with Crippen molar-refractivity contribution in [2.45, 2.75) is 99.3 Å². The third kappa shape index (κ3) is 10.4. The SMILES string of the molecule is Cc1ncsc1-c1ccc([C@@H](C)NC(=O)c2cc(O)cn2C(=O)[C@@H](NC(=O)COc2cccc(Nc3ccc4c(c3)CN(C3C(C)(C)C(Oc5ccc(C#N)c(C(F)(F)F)c5)C3(C)C)C4=O)c2)C(C)(C)C)cc1. The van der Waals surface area contributed by atoms with Crippen molar-refractivity contribution in [3.05, 3.63) is 142 Å². The molecule has 3 amide bonds. The fourth-order valence-corrected chi connectivity index (χ4v) is 11.4. The number of nitriles is 1. The number of benzene rings is 4. The van der Waals surface area contributed by atoms with Crippen molar-refractivity contribution in [1.82, 2.24) is 25.1 Å². The van der Waals surface area contributed by atoms with E-state index in [1.165, 1.54) is 12.1 Å². The quantitative estimate of drug-likeness (QED) is 0.0818. The lowest BCUT2D eigenvalue weighted by Crippen LogP contribution is -2.74. The molecule has 18 heteroatoms. The molecule has 380 valence electrons. The topological polar surface area (TPSA) is 188 Å². The minimum Gasteiger partial charge on any atom is -0.506 e. The van der Waals surface area contributed by atoms with Crippen LogP contribution in [-0.4, -0.2) is 68.0 Å². The van der Waals surface area contributed by atoms with Gasteiger partial charge in [0.15, 0.2) is 6.61 Å². The van der Waals surface area contributed by atoms with Crippen molar-refractivity contribution in [2.24, 2.45) is 16.2 Å². The first-order valence-electron chi connectivity index (χ1n) is 23.6. The van der Waals surface area contributed by atoms with Crippen LogP contribution < -0.4 is 25.4 Å². The van der Waals surface area contributed by atoms with Crippen molar-refractivity contribution in [2.75, 3.05) is 11.9 Å². The number of thiazole rings is 1. The van der Waals surface area contributed by atoms with E-state index in [2.05, 4.69) is 20.9 Å². The molecular formula is C55H56F3N7O7S. The van der Waals surface area contributed by atoms with Crippen molar-refractivity contribution in [3.8, 4) is 33.8 Å². The number of hydrogen-bond acceptors (Lipinski definition) is 11. The third-order valence-electron chi connectivity index (χ3n) is 13.6. The van der Waals surface area contributed by atoms with Crippen LogP contribution >= 0.6 is 11.3 Å². The van der Waals surface area contributed by atoms with E-state index in [0.29, 0.717) is 29.2 Å². The number of aromatic nitrogens is 2. The Hall–Kier alpha value is -7.65. The van der Waals surface area contributed by atoms with Gasteiger partial charge >= 0.3 is 6.18 Å². The highest BCUT2D eigenvalue weighted by atomic mass is 32.1. The zero-order valence-electron chi connectivity index (χ0n) is 41.8. The normalized spacial score (nSPS) is 17.6. The van der Waals surface area contributed by atoms with E-state index in [0.717, 1.165) is 50.2 Å². The van der Waals surface area contributed by atoms with Gasteiger partial charge in [0.2, 0.25) is 0 Å². The van der Waals surface area contributed by atoms with E-state index in [1.54, 1.807) is 85.0 Å². The summed E-state index contributed by atoms with van der Waals surface area (Å²) in [6.45, 7) is 16.6. The Morgan fingerprint density at radius 3 is 2.27 bits per heavy atom. The predicted molar refractivity (Wildman–Crippen MR) is 270 cm³/mol. The fraction of sp³-hybridized carbons (Fsp3) is 0.345. The molecule has 4 N–H and O–H groups in total. The molecule has 14 nitrogen and oxygen atoms in total. The van der Waals surface area contributed by atoms with Crippen LogP contribution in [-0.2, 0) is 17.5 Å². The van der Waals surface area contributed by atoms with Gasteiger partial charge in [-0.05, 0) is 84.5 Å². The predicted octanol–water partition coefficient (Wildman–Crippen LogP) is 10.8. The van der Waals surface area contributed by atoms with E-state index < -0.39 is 76.1 Å². The minimum atomic E-state index is -4.74. The van der Waals surface area contributed by atoms with E-state index in [-0.39, 0.29) is 29.1 Å². The molecule has 0 bridgehead atoms. The largest absolute Gasteiger partial charge is 0.506 e. The molecule has 2 atom stereocenters. The number of anilines is 2. The van der Waals surface area contributed by atoms with E-state index >= 15 is 0 Å². The Morgan fingerprint density at radius 2 is 1.63 bits per heavy atom. The second-order valence-corrected chi connectivity index (χ2v) is 21.7. The maximum Gasteiger partial charge on any atom is 0.417 e. The van der Waals surface area contributed by atoms with Crippen LogP contribution in [0.5, 0.6) is 17.2 Å². The average molecular weight is 1020 g/mol. The number of carbonyl (C=O) groups is 4. The van der Waals surface area contributed by atoms with Crippen LogP contribution in [0.25, 0.3) is 10.4 Å². The van der Waals surface area contributed by atoms with Crippen LogP contribution in [0, 0.1) is 34.5 Å². The van der Waals surface area contributed by atoms with E-state index in [9.17, 15) is 42.7 Å². The Kier molecular flexibility index (Phi) is 13.7. The molecular weight excluding hydrogens is 960 g/mol. The standard InChI is InChI=1S/C55H56F3N7O7S/c1-30(32-13-15-33(16-14-32)45-31(2)60-29-73-45)61-47(68)43-23-38(66)27-64(43)49(70)46(52(3,4)5)63-44(67)28-71-39-12-10-11-36(22-39)62-37-18-20-41-35(21-37)26-65(48(41)69)50-53(6,7)51(54(50,8)9)72-40-19-17-34(25-59)42(24-40)55(56,57)58/h10-24,27,29-30,46,50-51,62,66H,26,28H2,1-9H3,(H,61,68)(H,63,67)/t30-,46-,50?,51?/m1/s1. The first-order valence-corrected chi connectivity index (χ1v) is 24.4. The molecule has 1 fully saturated rings. The van der Waals surface area contributed by atoms with E-state index in [1.807, 2.05) is 71.9 Å². The second kappa shape index (κ2) is 19.4. The summed E-state index contributed by atoms with van der Waals surface area (Å²) < 4.78 is 54.4. The average Bonchev–Trinajstić information content (AvgIpc) is 4.03. The number of alkyl halides is 3. The molecule has 8 rings (SSSR count). The van der Waals surface area contributed by atoms with Crippen molar-refractivity contribution < 1.29 is 46.9 Å². The number of ether oxygens (including phenoxy) is 2. The van der Waals surface area contributed by atoms with Gasteiger partial charge in [0.1, 0.15) is 35.1 Å². The highest BCUT2D eigenvalue weighted by Gasteiger charge is 2.67. The number of aryl methyl sites for hydroxylation is 1. The number of amides is 3. The summed E-state index contributed by atoms with van der Waals surface area (Å²) in [6.07, 6.45) is -4.15. The summed E-state index contributed by atoms with van der Waals surface area (Å²) in [6, 6.07) is 24.2. The molecule has 73 heavy (non-hydrogen) atoms. The van der Waals surface area contributed by atoms with Crippen molar-refractivity contribution in [3.63, 3.8) is 0 Å². The Balaban J connectivity index is 0.879. The van der Waals surface area contributed by atoms with Gasteiger partial charge in [0.25, 0.3) is 23.6 Å². The summed E-state index contributed by atoms with van der Waals surface area (Å²) >= 11 is 1.54. The van der Waals surface area contributed by atoms with Crippen LogP contribution in [0.3, 0.4) is 0 Å². The summed E-state index contributed by atoms with van der Waals surface area (Å²) in [7, 11) is 0. The van der Waals surface area contributed by atoms with Crippen LogP contribution in [0.15, 0.2) is 103 Å². The summed E-state index contributed by atoms with van der Waals surface area (Å²) in [5, 5.41) is 28.8. The third-order valence-corrected chi connectivity index (χ3v) is 14.6. The van der Waals surface area contributed by atoms with Gasteiger partial charge in [-0.2, -0.15) is 18.4 Å². The molecule has 6 aromatic rings. The molecule has 1 saturated carbocycles. The number of hydrogen-bond donors (Lipinski definition) is 4. The minimum absolute atomic E-state index is 0.0118. The number of nitrogens with one attached hydrogen (secondary N) is 3. The van der Waals surface area contributed by atoms with Gasteiger partial charge in [-0.15, -0.1) is 11.3 Å². The van der Waals surface area contributed by atoms with Gasteiger partial charge in [0, 0.05) is 52.5 Å². The molecule has 2 aliphatic rings. The molecule has 1 aliphatic carbocycles. The lowest BCUT2D eigenvalue weighted by Gasteiger charge is -2.65. The molecule has 0 saturated heterocycles. The first kappa shape index (κ1) is 51.7. The van der Waals surface area contributed by atoms with Crippen LogP contribution in [0.1, 0.15) is 115 Å². The van der Waals surface area contributed by atoms with E-state index in [4.69, 9.17) is 9.47 Å². The number of carbonyl (C=O) groups excluding carboxylic acids is 4. The Bertz CT molecular complexity index is 3150. The molecule has 3 heterocycles. The number of aromatic hydroxyl groups is 1.